The van der Waals surface area contributed by atoms with Crippen molar-refractivity contribution in [2.75, 3.05) is 24.6 Å². The minimum Gasteiger partial charge on any atom is -0.392 e. The second-order valence-electron chi connectivity index (χ2n) is 4.85. The average molecular weight is 289 g/mol. The number of aliphatic hydroxyl groups excluding tert-OH is 1. The molecule has 0 aromatic heterocycles. The fourth-order valence-electron chi connectivity index (χ4n) is 2.37. The first kappa shape index (κ1) is 15.1. The molecule has 1 heterocycles. The van der Waals surface area contributed by atoms with Crippen LogP contribution in [0.5, 0.6) is 0 Å². The van der Waals surface area contributed by atoms with Gasteiger partial charge in [0, 0.05) is 18.8 Å². The molecular weight excluding hydrogens is 271 g/mol. The Balaban J connectivity index is 2.35. The highest BCUT2D eigenvalue weighted by Gasteiger charge is 2.36. The predicted molar refractivity (Wildman–Crippen MR) is 69.6 cm³/mol. The van der Waals surface area contributed by atoms with Gasteiger partial charge in [-0.1, -0.05) is 13.0 Å². The standard InChI is InChI=1S/C14H18F3NO2/c1-2-11-8-18(5-6-20-11)13-4-3-10(9-19)7-12(13)14(15,16)17/h3-4,7,11,19H,2,5-6,8-9H2,1H3. The van der Waals surface area contributed by atoms with Crippen LogP contribution >= 0.6 is 0 Å². The summed E-state index contributed by atoms with van der Waals surface area (Å²) in [7, 11) is 0. The van der Waals surface area contributed by atoms with E-state index in [4.69, 9.17) is 9.84 Å². The van der Waals surface area contributed by atoms with Crippen LogP contribution in [0.15, 0.2) is 18.2 Å². The lowest BCUT2D eigenvalue weighted by atomic mass is 10.1. The number of anilines is 1. The third-order valence-corrected chi connectivity index (χ3v) is 3.48. The molecule has 3 nitrogen and oxygen atoms in total. The van der Waals surface area contributed by atoms with Crippen LogP contribution in [0.1, 0.15) is 24.5 Å². The summed E-state index contributed by atoms with van der Waals surface area (Å²) in [6.45, 7) is 2.88. The Bertz CT molecular complexity index is 462. The second-order valence-corrected chi connectivity index (χ2v) is 4.85. The van der Waals surface area contributed by atoms with Crippen molar-refractivity contribution < 1.29 is 23.0 Å². The molecule has 1 aliphatic rings. The monoisotopic (exact) mass is 289 g/mol. The van der Waals surface area contributed by atoms with Gasteiger partial charge in [-0.2, -0.15) is 13.2 Å². The highest BCUT2D eigenvalue weighted by molar-refractivity contribution is 5.56. The first-order valence-corrected chi connectivity index (χ1v) is 6.63. The van der Waals surface area contributed by atoms with Crippen molar-refractivity contribution >= 4 is 5.69 Å². The molecule has 0 bridgehead atoms. The molecule has 1 saturated heterocycles. The number of aliphatic hydroxyl groups is 1. The summed E-state index contributed by atoms with van der Waals surface area (Å²) >= 11 is 0. The first-order chi connectivity index (χ1) is 9.45. The number of hydrogen-bond acceptors (Lipinski definition) is 3. The van der Waals surface area contributed by atoms with Crippen LogP contribution in [-0.2, 0) is 17.5 Å². The second kappa shape index (κ2) is 6.01. The minimum atomic E-state index is -4.43. The van der Waals surface area contributed by atoms with Crippen LogP contribution in [-0.4, -0.2) is 30.9 Å². The van der Waals surface area contributed by atoms with E-state index in [-0.39, 0.29) is 17.4 Å². The zero-order valence-electron chi connectivity index (χ0n) is 11.3. The van der Waals surface area contributed by atoms with Crippen molar-refractivity contribution in [2.24, 2.45) is 0 Å². The number of alkyl halides is 3. The Kier molecular flexibility index (Phi) is 4.55. The van der Waals surface area contributed by atoms with Gasteiger partial charge in [-0.25, -0.2) is 0 Å². The van der Waals surface area contributed by atoms with E-state index in [1.54, 1.807) is 4.90 Å². The lowest BCUT2D eigenvalue weighted by molar-refractivity contribution is -0.137. The molecule has 0 saturated carbocycles. The third kappa shape index (κ3) is 3.24. The molecule has 1 atom stereocenters. The predicted octanol–water partition coefficient (Wildman–Crippen LogP) is 2.81. The number of rotatable bonds is 3. The van der Waals surface area contributed by atoms with Gasteiger partial charge in [-0.15, -0.1) is 0 Å². The normalized spacial score (nSPS) is 20.2. The zero-order valence-corrected chi connectivity index (χ0v) is 11.3. The fourth-order valence-corrected chi connectivity index (χ4v) is 2.37. The molecule has 1 fully saturated rings. The van der Waals surface area contributed by atoms with Crippen LogP contribution in [0.2, 0.25) is 0 Å². The van der Waals surface area contributed by atoms with Gasteiger partial charge >= 0.3 is 6.18 Å². The summed E-state index contributed by atoms with van der Waals surface area (Å²) < 4.78 is 45.0. The van der Waals surface area contributed by atoms with Crippen molar-refractivity contribution in [3.8, 4) is 0 Å². The summed E-state index contributed by atoms with van der Waals surface area (Å²) in [5.74, 6) is 0. The largest absolute Gasteiger partial charge is 0.418 e. The van der Waals surface area contributed by atoms with E-state index >= 15 is 0 Å². The third-order valence-electron chi connectivity index (χ3n) is 3.48. The molecule has 2 rings (SSSR count). The summed E-state index contributed by atoms with van der Waals surface area (Å²) in [6.07, 6.45) is -3.70. The van der Waals surface area contributed by atoms with Crippen molar-refractivity contribution in [1.82, 2.24) is 0 Å². The smallest absolute Gasteiger partial charge is 0.392 e. The maximum Gasteiger partial charge on any atom is 0.418 e. The van der Waals surface area contributed by atoms with Gasteiger partial charge in [0.25, 0.3) is 0 Å². The highest BCUT2D eigenvalue weighted by atomic mass is 19.4. The number of halogens is 3. The van der Waals surface area contributed by atoms with Crippen molar-refractivity contribution in [3.05, 3.63) is 29.3 Å². The molecule has 112 valence electrons. The van der Waals surface area contributed by atoms with Gasteiger partial charge in [0.15, 0.2) is 0 Å². The highest BCUT2D eigenvalue weighted by Crippen LogP contribution is 2.38. The van der Waals surface area contributed by atoms with Crippen molar-refractivity contribution in [3.63, 3.8) is 0 Å². The summed E-state index contributed by atoms with van der Waals surface area (Å²) in [5.41, 5.74) is -0.265. The molecule has 1 N–H and O–H groups in total. The first-order valence-electron chi connectivity index (χ1n) is 6.63. The molecule has 0 amide bonds. The van der Waals surface area contributed by atoms with E-state index in [0.717, 1.165) is 12.5 Å². The maximum atomic E-state index is 13.2. The Labute approximate surface area is 116 Å². The number of nitrogens with zero attached hydrogens (tertiary/aromatic N) is 1. The topological polar surface area (TPSA) is 32.7 Å². The molecule has 20 heavy (non-hydrogen) atoms. The van der Waals surface area contributed by atoms with Gasteiger partial charge in [0.2, 0.25) is 0 Å². The minimum absolute atomic E-state index is 0.0395. The molecule has 1 aliphatic heterocycles. The fraction of sp³-hybridized carbons (Fsp3) is 0.571. The van der Waals surface area contributed by atoms with Crippen LogP contribution in [0, 0.1) is 0 Å². The Morgan fingerprint density at radius 1 is 1.40 bits per heavy atom. The number of morpholine rings is 1. The molecule has 0 aliphatic carbocycles. The van der Waals surface area contributed by atoms with Gasteiger partial charge in [0.1, 0.15) is 0 Å². The zero-order chi connectivity index (χ0) is 14.8. The Morgan fingerprint density at radius 3 is 2.75 bits per heavy atom. The lowest BCUT2D eigenvalue weighted by Crippen LogP contribution is -2.43. The van der Waals surface area contributed by atoms with E-state index in [1.165, 1.54) is 12.1 Å². The van der Waals surface area contributed by atoms with E-state index in [1.807, 2.05) is 6.92 Å². The molecule has 6 heteroatoms. The Morgan fingerprint density at radius 2 is 2.15 bits per heavy atom. The number of ether oxygens (including phenoxy) is 1. The van der Waals surface area contributed by atoms with Crippen molar-refractivity contribution in [2.45, 2.75) is 32.2 Å². The van der Waals surface area contributed by atoms with Crippen LogP contribution < -0.4 is 4.90 Å². The summed E-state index contributed by atoms with van der Waals surface area (Å²) in [6, 6.07) is 3.99. The van der Waals surface area contributed by atoms with Crippen LogP contribution in [0.4, 0.5) is 18.9 Å². The van der Waals surface area contributed by atoms with E-state index in [9.17, 15) is 13.2 Å². The summed E-state index contributed by atoms with van der Waals surface area (Å²) in [5, 5.41) is 9.01. The van der Waals surface area contributed by atoms with Gasteiger partial charge in [-0.05, 0) is 24.1 Å². The van der Waals surface area contributed by atoms with Crippen LogP contribution in [0.25, 0.3) is 0 Å². The summed E-state index contributed by atoms with van der Waals surface area (Å²) in [4.78, 5) is 1.71. The van der Waals surface area contributed by atoms with E-state index in [0.29, 0.717) is 19.7 Å². The van der Waals surface area contributed by atoms with Gasteiger partial charge in [-0.3, -0.25) is 0 Å². The van der Waals surface area contributed by atoms with Crippen molar-refractivity contribution in [1.29, 1.82) is 0 Å². The number of benzene rings is 1. The molecule has 0 radical (unpaired) electrons. The molecular formula is C14H18F3NO2. The molecule has 1 aromatic rings. The molecule has 0 spiro atoms. The average Bonchev–Trinajstić information content (AvgIpc) is 2.45. The quantitative estimate of drug-likeness (QED) is 0.928. The lowest BCUT2D eigenvalue weighted by Gasteiger charge is -2.35. The van der Waals surface area contributed by atoms with Crippen LogP contribution in [0.3, 0.4) is 0 Å². The van der Waals surface area contributed by atoms with Gasteiger partial charge < -0.3 is 14.7 Å². The van der Waals surface area contributed by atoms with Gasteiger partial charge in [0.05, 0.1) is 24.9 Å². The van der Waals surface area contributed by atoms with E-state index < -0.39 is 18.3 Å². The Hall–Kier alpha value is -1.27. The molecule has 1 unspecified atom stereocenters. The number of hydrogen-bond donors (Lipinski definition) is 1. The SMILES string of the molecule is CCC1CN(c2ccc(CO)cc2C(F)(F)F)CCO1. The van der Waals surface area contributed by atoms with E-state index in [2.05, 4.69) is 0 Å². The maximum absolute atomic E-state index is 13.2. The molecule has 1 aromatic carbocycles.